The predicted octanol–water partition coefficient (Wildman–Crippen LogP) is 4.40. The fraction of sp³-hybridized carbons (Fsp3) is 0.478. The summed E-state index contributed by atoms with van der Waals surface area (Å²) >= 11 is 0. The van der Waals surface area contributed by atoms with Crippen molar-refractivity contribution in [1.82, 2.24) is 5.32 Å². The van der Waals surface area contributed by atoms with E-state index >= 15 is 0 Å². The van der Waals surface area contributed by atoms with Gasteiger partial charge in [0.25, 0.3) is 0 Å². The molecule has 0 aromatic heterocycles. The van der Waals surface area contributed by atoms with Crippen molar-refractivity contribution in [3.05, 3.63) is 52.4 Å². The molecule has 1 aliphatic carbocycles. The molecule has 0 saturated carbocycles. The number of Topliss-reactive ketones (excluding diaryl/α,β-unsaturated/α-hetero) is 1. The van der Waals surface area contributed by atoms with E-state index < -0.39 is 5.92 Å². The number of nitrogens with one attached hydrogen (secondary N) is 1. The summed E-state index contributed by atoms with van der Waals surface area (Å²) in [5, 5.41) is 3.32. The van der Waals surface area contributed by atoms with E-state index in [9.17, 15) is 9.59 Å². The molecule has 28 heavy (non-hydrogen) atoms. The number of hydrogen-bond acceptors (Lipinski definition) is 5. The van der Waals surface area contributed by atoms with Gasteiger partial charge < -0.3 is 14.8 Å². The van der Waals surface area contributed by atoms with Gasteiger partial charge >= 0.3 is 5.97 Å². The highest BCUT2D eigenvalue weighted by Gasteiger charge is 2.39. The third kappa shape index (κ3) is 4.13. The summed E-state index contributed by atoms with van der Waals surface area (Å²) in [5.74, 6) is 0.0704. The van der Waals surface area contributed by atoms with Crippen LogP contribution in [0.3, 0.4) is 0 Å². The molecular weight excluding hydrogens is 354 g/mol. The number of hydrogen-bond donors (Lipinski definition) is 1. The first-order valence-corrected chi connectivity index (χ1v) is 10.2. The Bertz CT molecular complexity index is 822. The number of rotatable bonds is 7. The lowest BCUT2D eigenvalue weighted by molar-refractivity contribution is -0.139. The molecule has 3 rings (SSSR count). The second-order valence-corrected chi connectivity index (χ2v) is 7.26. The fourth-order valence-corrected chi connectivity index (χ4v) is 3.92. The highest BCUT2D eigenvalue weighted by molar-refractivity contribution is 6.03. The van der Waals surface area contributed by atoms with Crippen molar-refractivity contribution in [3.8, 4) is 5.75 Å². The zero-order valence-corrected chi connectivity index (χ0v) is 17.0. The summed E-state index contributed by atoms with van der Waals surface area (Å²) in [6.07, 6.45) is 3.94. The van der Waals surface area contributed by atoms with Crippen molar-refractivity contribution < 1.29 is 19.1 Å². The molecule has 0 fully saturated rings. The Hall–Kier alpha value is -2.56. The molecule has 5 nitrogen and oxygen atoms in total. The van der Waals surface area contributed by atoms with E-state index in [0.717, 1.165) is 48.4 Å². The second kappa shape index (κ2) is 9.09. The molecule has 0 bridgehead atoms. The fourth-order valence-electron chi connectivity index (χ4n) is 3.92. The minimum absolute atomic E-state index is 0.104. The molecule has 1 atom stereocenters. The maximum atomic E-state index is 13.0. The number of dihydropyridines is 1. The van der Waals surface area contributed by atoms with Crippen LogP contribution in [0.15, 0.2) is 46.8 Å². The summed E-state index contributed by atoms with van der Waals surface area (Å²) in [6, 6.07) is 7.68. The zero-order chi connectivity index (χ0) is 20.1. The summed E-state index contributed by atoms with van der Waals surface area (Å²) < 4.78 is 11.2. The number of esters is 1. The molecule has 2 aliphatic rings. The molecule has 1 heterocycles. The lowest BCUT2D eigenvalue weighted by Crippen LogP contribution is -2.34. The highest BCUT2D eigenvalue weighted by atomic mass is 16.5. The van der Waals surface area contributed by atoms with Crippen molar-refractivity contribution in [3.63, 3.8) is 0 Å². The predicted molar refractivity (Wildman–Crippen MR) is 108 cm³/mol. The van der Waals surface area contributed by atoms with E-state index in [1.165, 1.54) is 0 Å². The standard InChI is InChI=1S/C23H29NO4/c1-4-6-13-28-23(26)20-15(3)24-18-11-8-12-19(25)22(18)21(20)16-9-7-10-17(14-16)27-5-2/h7,9-10,14,21,24H,4-6,8,11-13H2,1-3H3/t21-/m0/s1. The van der Waals surface area contributed by atoms with Gasteiger partial charge in [0.15, 0.2) is 5.78 Å². The molecule has 0 saturated heterocycles. The maximum Gasteiger partial charge on any atom is 0.336 e. The molecule has 5 heteroatoms. The number of ether oxygens (including phenoxy) is 2. The number of benzene rings is 1. The Morgan fingerprint density at radius 3 is 2.82 bits per heavy atom. The molecule has 1 aliphatic heterocycles. The molecule has 1 N–H and O–H groups in total. The molecule has 0 spiro atoms. The van der Waals surface area contributed by atoms with E-state index in [1.807, 2.05) is 38.1 Å². The van der Waals surface area contributed by atoms with Gasteiger partial charge in [-0.3, -0.25) is 4.79 Å². The Kier molecular flexibility index (Phi) is 6.55. The minimum atomic E-state index is -0.418. The number of carbonyl (C=O) groups is 2. The van der Waals surface area contributed by atoms with Crippen LogP contribution in [0.2, 0.25) is 0 Å². The van der Waals surface area contributed by atoms with Crippen LogP contribution in [0, 0.1) is 0 Å². The normalized spacial score (nSPS) is 19.2. The first-order chi connectivity index (χ1) is 13.6. The van der Waals surface area contributed by atoms with Crippen LogP contribution in [0.5, 0.6) is 5.75 Å². The van der Waals surface area contributed by atoms with Crippen LogP contribution in [0.25, 0.3) is 0 Å². The monoisotopic (exact) mass is 383 g/mol. The molecule has 0 unspecified atom stereocenters. The van der Waals surface area contributed by atoms with E-state index in [-0.39, 0.29) is 11.8 Å². The van der Waals surface area contributed by atoms with Gasteiger partial charge in [-0.15, -0.1) is 0 Å². The number of unbranched alkanes of at least 4 members (excludes halogenated alkanes) is 1. The summed E-state index contributed by atoms with van der Waals surface area (Å²) in [6.45, 7) is 6.82. The van der Waals surface area contributed by atoms with Crippen molar-refractivity contribution in [1.29, 1.82) is 0 Å². The van der Waals surface area contributed by atoms with Crippen LogP contribution in [0.4, 0.5) is 0 Å². The summed E-state index contributed by atoms with van der Waals surface area (Å²) in [4.78, 5) is 25.8. The van der Waals surface area contributed by atoms with E-state index in [2.05, 4.69) is 12.2 Å². The quantitative estimate of drug-likeness (QED) is 0.559. The molecular formula is C23H29NO4. The van der Waals surface area contributed by atoms with Crippen molar-refractivity contribution in [2.45, 2.75) is 58.8 Å². The first-order valence-electron chi connectivity index (χ1n) is 10.2. The van der Waals surface area contributed by atoms with Crippen molar-refractivity contribution >= 4 is 11.8 Å². The Labute approximate surface area is 166 Å². The van der Waals surface area contributed by atoms with Gasteiger partial charge in [-0.05, 0) is 50.8 Å². The lowest BCUT2D eigenvalue weighted by atomic mass is 9.75. The second-order valence-electron chi connectivity index (χ2n) is 7.26. The summed E-state index contributed by atoms with van der Waals surface area (Å²) in [7, 11) is 0. The van der Waals surface area contributed by atoms with Crippen LogP contribution in [-0.2, 0) is 14.3 Å². The third-order valence-corrected chi connectivity index (χ3v) is 5.23. The largest absolute Gasteiger partial charge is 0.494 e. The van der Waals surface area contributed by atoms with Gasteiger partial charge in [-0.1, -0.05) is 25.5 Å². The SMILES string of the molecule is CCCCOC(=O)C1=C(C)NC2=C(C(=O)CCC2)[C@H]1c1cccc(OCC)c1. The molecule has 0 amide bonds. The van der Waals surface area contributed by atoms with E-state index in [0.29, 0.717) is 30.8 Å². The Balaban J connectivity index is 2.05. The molecule has 0 radical (unpaired) electrons. The van der Waals surface area contributed by atoms with Gasteiger partial charge in [0.2, 0.25) is 0 Å². The van der Waals surface area contributed by atoms with Crippen LogP contribution in [-0.4, -0.2) is 25.0 Å². The Morgan fingerprint density at radius 2 is 2.07 bits per heavy atom. The number of carbonyl (C=O) groups excluding carboxylic acids is 2. The van der Waals surface area contributed by atoms with Crippen LogP contribution >= 0.6 is 0 Å². The smallest absolute Gasteiger partial charge is 0.336 e. The summed E-state index contributed by atoms with van der Waals surface area (Å²) in [5.41, 5.74) is 3.82. The number of allylic oxidation sites excluding steroid dienone is 3. The molecule has 1 aromatic rings. The van der Waals surface area contributed by atoms with Gasteiger partial charge in [-0.25, -0.2) is 4.79 Å². The maximum absolute atomic E-state index is 13.0. The van der Waals surface area contributed by atoms with Crippen LogP contribution in [0.1, 0.15) is 64.4 Å². The zero-order valence-electron chi connectivity index (χ0n) is 17.0. The van der Waals surface area contributed by atoms with Crippen LogP contribution < -0.4 is 10.1 Å². The molecule has 1 aromatic carbocycles. The van der Waals surface area contributed by atoms with E-state index in [4.69, 9.17) is 9.47 Å². The van der Waals surface area contributed by atoms with E-state index in [1.54, 1.807) is 0 Å². The van der Waals surface area contributed by atoms with Gasteiger partial charge in [0.1, 0.15) is 5.75 Å². The topological polar surface area (TPSA) is 64.6 Å². The average molecular weight is 383 g/mol. The van der Waals surface area contributed by atoms with Gasteiger partial charge in [-0.2, -0.15) is 0 Å². The average Bonchev–Trinajstić information content (AvgIpc) is 2.67. The Morgan fingerprint density at radius 1 is 1.25 bits per heavy atom. The first kappa shape index (κ1) is 20.2. The highest BCUT2D eigenvalue weighted by Crippen LogP contribution is 2.43. The third-order valence-electron chi connectivity index (χ3n) is 5.23. The van der Waals surface area contributed by atoms with Gasteiger partial charge in [0, 0.05) is 29.3 Å². The molecule has 150 valence electrons. The van der Waals surface area contributed by atoms with Crippen molar-refractivity contribution in [2.24, 2.45) is 0 Å². The van der Waals surface area contributed by atoms with Gasteiger partial charge in [0.05, 0.1) is 18.8 Å². The number of ketones is 1. The minimum Gasteiger partial charge on any atom is -0.494 e. The lowest BCUT2D eigenvalue weighted by Gasteiger charge is -2.34. The van der Waals surface area contributed by atoms with Crippen molar-refractivity contribution in [2.75, 3.05) is 13.2 Å².